The van der Waals surface area contributed by atoms with Gasteiger partial charge in [0.1, 0.15) is 0 Å². The van der Waals surface area contributed by atoms with E-state index in [1.165, 1.54) is 12.1 Å². The molecular formula is C24H17F3N2O9S. The first-order valence-electron chi connectivity index (χ1n) is 10.7. The molecule has 15 heteroatoms. The number of hydrogen-bond acceptors (Lipinski definition) is 8. The van der Waals surface area contributed by atoms with Crippen molar-refractivity contribution >= 4 is 49.5 Å². The molecule has 0 aliphatic carbocycles. The van der Waals surface area contributed by atoms with Gasteiger partial charge in [-0.15, -0.1) is 0 Å². The number of carboxylic acid groups (broad SMARTS) is 1. The molecule has 0 saturated carbocycles. The van der Waals surface area contributed by atoms with Crippen molar-refractivity contribution in [1.82, 2.24) is 0 Å². The number of alkyl halides is 3. The second kappa shape index (κ2) is 11.0. The Morgan fingerprint density at radius 1 is 0.974 bits per heavy atom. The lowest BCUT2D eigenvalue weighted by Crippen LogP contribution is -2.40. The molecule has 11 nitrogen and oxygen atoms in total. The first-order chi connectivity index (χ1) is 18.1. The molecule has 3 aromatic carbocycles. The van der Waals surface area contributed by atoms with Gasteiger partial charge < -0.3 is 14.4 Å². The third kappa shape index (κ3) is 6.27. The van der Waals surface area contributed by atoms with Crippen molar-refractivity contribution in [3.05, 3.63) is 88.0 Å². The summed E-state index contributed by atoms with van der Waals surface area (Å²) in [7, 11) is -6.09. The van der Waals surface area contributed by atoms with Gasteiger partial charge in [0.15, 0.2) is 10.1 Å². The minimum atomic E-state index is -6.09. The first kappa shape index (κ1) is 28.9. The van der Waals surface area contributed by atoms with Gasteiger partial charge in [0.2, 0.25) is 23.3 Å². The highest BCUT2D eigenvalue weighted by molar-refractivity contribution is 7.86. The molecule has 0 saturated heterocycles. The van der Waals surface area contributed by atoms with E-state index in [1.54, 1.807) is 66.1 Å². The van der Waals surface area contributed by atoms with Crippen molar-refractivity contribution in [3.63, 3.8) is 0 Å². The highest BCUT2D eigenvalue weighted by Gasteiger charge is 2.37. The Hall–Kier alpha value is -4.63. The monoisotopic (exact) mass is 566 g/mol. The van der Waals surface area contributed by atoms with Gasteiger partial charge in [-0.2, -0.15) is 17.7 Å². The number of nitro groups is 1. The minimum absolute atomic E-state index is 0.118. The molecule has 0 spiro atoms. The van der Waals surface area contributed by atoms with E-state index in [1.807, 2.05) is 0 Å². The number of aromatic nitrogens is 1. The van der Waals surface area contributed by atoms with Crippen LogP contribution in [0.4, 0.5) is 18.9 Å². The predicted octanol–water partition coefficient (Wildman–Crippen LogP) is 3.85. The molecule has 39 heavy (non-hydrogen) atoms. The fraction of sp³-hybridized carbons (Fsp3) is 0.125. The Labute approximate surface area is 217 Å². The van der Waals surface area contributed by atoms with E-state index in [4.69, 9.17) is 17.7 Å². The molecule has 0 unspecified atom stereocenters. The first-order valence-corrected chi connectivity index (χ1v) is 12.1. The van der Waals surface area contributed by atoms with Crippen LogP contribution >= 0.6 is 0 Å². The molecule has 0 aliphatic heterocycles. The van der Waals surface area contributed by atoms with Crippen molar-refractivity contribution < 1.29 is 55.1 Å². The summed E-state index contributed by atoms with van der Waals surface area (Å²) in [6.45, 7) is 1.33. The molecule has 0 fully saturated rings. The van der Waals surface area contributed by atoms with E-state index in [-0.39, 0.29) is 23.5 Å². The van der Waals surface area contributed by atoms with Gasteiger partial charge in [0, 0.05) is 18.2 Å². The van der Waals surface area contributed by atoms with Crippen LogP contribution in [-0.4, -0.2) is 40.4 Å². The van der Waals surface area contributed by atoms with E-state index in [9.17, 15) is 38.0 Å². The molecular weight excluding hydrogens is 549 g/mol. The molecule has 0 radical (unpaired) electrons. The molecule has 1 N–H and O–H groups in total. The number of aryl methyl sites for hydroxylation is 1. The quantitative estimate of drug-likeness (QED) is 0.0551. The normalized spacial score (nSPS) is 11.5. The van der Waals surface area contributed by atoms with Crippen molar-refractivity contribution in [2.75, 3.05) is 0 Å². The van der Waals surface area contributed by atoms with Crippen LogP contribution in [0.2, 0.25) is 0 Å². The number of esters is 1. The summed E-state index contributed by atoms with van der Waals surface area (Å²) in [5, 5.41) is 21.8. The van der Waals surface area contributed by atoms with Crippen molar-refractivity contribution in [2.45, 2.75) is 19.0 Å². The van der Waals surface area contributed by atoms with E-state index >= 15 is 0 Å². The van der Waals surface area contributed by atoms with Crippen molar-refractivity contribution in [1.29, 1.82) is 0 Å². The molecule has 1 aromatic heterocycles. The van der Waals surface area contributed by atoms with Gasteiger partial charge in [-0.3, -0.25) is 10.1 Å². The zero-order chi connectivity index (χ0) is 29.1. The molecule has 4 rings (SSSR count). The molecule has 4 aromatic rings. The van der Waals surface area contributed by atoms with Gasteiger partial charge in [0.25, 0.3) is 0 Å². The fourth-order valence-electron chi connectivity index (χ4n) is 3.70. The SMILES string of the molecule is Cc1cccc([N+](=O)[O-])c1OC(=O)c1c2ccccc2[n+](CC(=O)O)c2ccccc12.O=S(=O)([O-])C(F)(F)F. The average Bonchev–Trinajstić information content (AvgIpc) is 2.84. The molecule has 0 aliphatic rings. The van der Waals surface area contributed by atoms with Crippen LogP contribution in [-0.2, 0) is 21.5 Å². The number of nitrogens with zero attached hydrogens (tertiary/aromatic N) is 2. The average molecular weight is 566 g/mol. The number of carbonyl (C=O) groups is 2. The van der Waals surface area contributed by atoms with E-state index in [0.29, 0.717) is 27.4 Å². The summed E-state index contributed by atoms with van der Waals surface area (Å²) in [5.41, 5.74) is -4.21. The lowest BCUT2D eigenvalue weighted by atomic mass is 10.0. The van der Waals surface area contributed by atoms with Gasteiger partial charge >= 0.3 is 23.1 Å². The number of carbonyl (C=O) groups excluding carboxylic acids is 1. The largest absolute Gasteiger partial charge is 0.741 e. The second-order valence-corrected chi connectivity index (χ2v) is 9.23. The van der Waals surface area contributed by atoms with Crippen LogP contribution in [0.15, 0.2) is 66.7 Å². The maximum Gasteiger partial charge on any atom is 0.485 e. The third-order valence-electron chi connectivity index (χ3n) is 5.29. The lowest BCUT2D eigenvalue weighted by molar-refractivity contribution is -0.633. The van der Waals surface area contributed by atoms with Crippen LogP contribution in [0.25, 0.3) is 21.8 Å². The number of pyridine rings is 1. The predicted molar refractivity (Wildman–Crippen MR) is 128 cm³/mol. The standard InChI is InChI=1S/C23H16N2O6.CHF3O3S/c1-14-7-6-12-19(25(29)30)22(14)31-23(28)21-15-8-2-4-10-17(15)24(13-20(26)27)18-11-5-3-9-16(18)21;2-1(3,4)8(5,6)7/h2-12H,13H2,1H3;(H,5,6,7). The van der Waals surface area contributed by atoms with E-state index in [2.05, 4.69) is 0 Å². The maximum atomic E-state index is 13.3. The number of rotatable bonds is 5. The zero-order valence-corrected chi connectivity index (χ0v) is 20.5. The number of carboxylic acids is 1. The van der Waals surface area contributed by atoms with Gasteiger partial charge in [0.05, 0.1) is 21.3 Å². The summed E-state index contributed by atoms with van der Waals surface area (Å²) in [6.07, 6.45) is 0. The Bertz CT molecular complexity index is 1660. The van der Waals surface area contributed by atoms with E-state index < -0.39 is 32.5 Å². The van der Waals surface area contributed by atoms with Crippen molar-refractivity contribution in [2.24, 2.45) is 0 Å². The highest BCUT2D eigenvalue weighted by Crippen LogP contribution is 2.33. The number of para-hydroxylation sites is 3. The number of ether oxygens (including phenoxy) is 1. The Morgan fingerprint density at radius 3 is 1.90 bits per heavy atom. The number of aliphatic carboxylic acids is 1. The van der Waals surface area contributed by atoms with Gasteiger partial charge in [-0.05, 0) is 24.6 Å². The number of hydrogen-bond donors (Lipinski definition) is 1. The number of halogens is 3. The minimum Gasteiger partial charge on any atom is -0.741 e. The Kier molecular flexibility index (Phi) is 8.16. The van der Waals surface area contributed by atoms with Crippen molar-refractivity contribution in [3.8, 4) is 5.75 Å². The van der Waals surface area contributed by atoms with Gasteiger partial charge in [-0.1, -0.05) is 36.4 Å². The lowest BCUT2D eigenvalue weighted by Gasteiger charge is -2.12. The summed E-state index contributed by atoms with van der Waals surface area (Å²) >= 11 is 0. The summed E-state index contributed by atoms with van der Waals surface area (Å²) in [4.78, 5) is 35.6. The topological polar surface area (TPSA) is 168 Å². The smallest absolute Gasteiger partial charge is 0.485 e. The zero-order valence-electron chi connectivity index (χ0n) is 19.7. The second-order valence-electron chi connectivity index (χ2n) is 7.86. The van der Waals surface area contributed by atoms with E-state index in [0.717, 1.165) is 0 Å². The van der Waals surface area contributed by atoms with Crippen LogP contribution in [0.5, 0.6) is 5.75 Å². The molecule has 0 atom stereocenters. The van der Waals surface area contributed by atoms with Crippen LogP contribution in [0, 0.1) is 17.0 Å². The maximum absolute atomic E-state index is 13.3. The third-order valence-corrected chi connectivity index (χ3v) is 5.86. The molecule has 204 valence electrons. The highest BCUT2D eigenvalue weighted by atomic mass is 32.2. The molecule has 1 heterocycles. The number of nitro benzene ring substituents is 1. The summed E-state index contributed by atoms with van der Waals surface area (Å²) in [5.74, 6) is -1.90. The Morgan fingerprint density at radius 2 is 1.46 bits per heavy atom. The number of benzene rings is 3. The van der Waals surface area contributed by atoms with Crippen LogP contribution < -0.4 is 9.30 Å². The molecule has 0 bridgehead atoms. The van der Waals surface area contributed by atoms with Gasteiger partial charge in [-0.25, -0.2) is 18.0 Å². The summed E-state index contributed by atoms with van der Waals surface area (Å²) < 4.78 is 66.1. The van der Waals surface area contributed by atoms with Crippen LogP contribution in [0.1, 0.15) is 15.9 Å². The van der Waals surface area contributed by atoms with Crippen LogP contribution in [0.3, 0.4) is 0 Å². The number of fused-ring (bicyclic) bond motifs is 2. The molecule has 0 amide bonds. The fourth-order valence-corrected chi connectivity index (χ4v) is 3.70. The Balaban J connectivity index is 0.000000459. The summed E-state index contributed by atoms with van der Waals surface area (Å²) in [6, 6.07) is 18.2.